The van der Waals surface area contributed by atoms with Gasteiger partial charge in [0.2, 0.25) is 5.91 Å². The van der Waals surface area contributed by atoms with Crippen molar-refractivity contribution in [3.8, 4) is 0 Å². The molecule has 0 saturated carbocycles. The van der Waals surface area contributed by atoms with Crippen LogP contribution in [0, 0.1) is 0 Å². The number of hydrogen-bond acceptors (Lipinski definition) is 6. The lowest BCUT2D eigenvalue weighted by molar-refractivity contribution is -0.120. The molecule has 31 heavy (non-hydrogen) atoms. The first kappa shape index (κ1) is 26.3. The molecule has 0 aromatic carbocycles. The first-order chi connectivity index (χ1) is 15.2. The second-order valence-corrected chi connectivity index (χ2v) is 7.28. The van der Waals surface area contributed by atoms with Crippen LogP contribution in [0.25, 0.3) is 11.7 Å². The van der Waals surface area contributed by atoms with Gasteiger partial charge in [-0.3, -0.25) is 14.0 Å². The molecular weight excluding hydrogens is 394 g/mol. The number of aldehydes is 1. The maximum atomic E-state index is 12.0. The number of fused-ring (bicyclic) bond motifs is 1. The minimum absolute atomic E-state index is 0.0746. The number of anilines is 1. The van der Waals surface area contributed by atoms with E-state index in [9.17, 15) is 9.59 Å². The molecule has 0 spiro atoms. The molecular formula is C23H37N5O3. The molecule has 2 aromatic rings. The molecule has 0 bridgehead atoms. The molecule has 2 aromatic heterocycles. The number of nitrogens with two attached hydrogens (primary N) is 1. The van der Waals surface area contributed by atoms with Gasteiger partial charge in [0.05, 0.1) is 5.69 Å². The van der Waals surface area contributed by atoms with Gasteiger partial charge in [-0.2, -0.15) is 0 Å². The third kappa shape index (κ3) is 9.31. The van der Waals surface area contributed by atoms with Crippen molar-refractivity contribution in [1.29, 1.82) is 0 Å². The minimum Gasteiger partial charge on any atom is -0.369 e. The lowest BCUT2D eigenvalue weighted by Crippen LogP contribution is -2.26. The van der Waals surface area contributed by atoms with Crippen LogP contribution in [-0.4, -0.2) is 39.9 Å². The van der Waals surface area contributed by atoms with E-state index in [0.717, 1.165) is 61.2 Å². The lowest BCUT2D eigenvalue weighted by Gasteiger charge is -2.09. The molecule has 0 fully saturated rings. The van der Waals surface area contributed by atoms with E-state index in [-0.39, 0.29) is 5.91 Å². The van der Waals surface area contributed by atoms with Crippen molar-refractivity contribution in [3.05, 3.63) is 35.7 Å². The van der Waals surface area contributed by atoms with Gasteiger partial charge in [-0.15, -0.1) is 0 Å². The van der Waals surface area contributed by atoms with E-state index in [2.05, 4.69) is 30.4 Å². The summed E-state index contributed by atoms with van der Waals surface area (Å²) in [5.74, 6) is 4.54. The van der Waals surface area contributed by atoms with E-state index in [0.29, 0.717) is 13.0 Å². The molecule has 2 heterocycles. The Hall–Kier alpha value is -2.71. The molecule has 2 rings (SSSR count). The highest BCUT2D eigenvalue weighted by Crippen LogP contribution is 2.22. The van der Waals surface area contributed by atoms with E-state index >= 15 is 0 Å². The highest BCUT2D eigenvalue weighted by Gasteiger charge is 2.12. The first-order valence-electron chi connectivity index (χ1n) is 11.1. The Kier molecular flexibility index (Phi) is 13.6. The van der Waals surface area contributed by atoms with Gasteiger partial charge in [0.1, 0.15) is 17.8 Å². The Balaban J connectivity index is 0.00000233. The highest BCUT2D eigenvalue weighted by atomic mass is 16.4. The van der Waals surface area contributed by atoms with E-state index in [1.54, 1.807) is 6.08 Å². The molecule has 0 radical (unpaired) electrons. The Morgan fingerprint density at radius 1 is 1.16 bits per heavy atom. The lowest BCUT2D eigenvalue weighted by atomic mass is 10.1. The standard InChI is InChI=1S/C23H34N4O2.H3NO/c1-3-5-7-8-11-20-23(25-15-12-22(29)24-14-6-4-2)27-16-13-19(10-9-17-28)18-21(27)26-20;1-2/h9-10,13,16-18,25H,3-8,11-12,14-15H2,1-2H3,(H,24,29);2H,1H2/b10-9+;. The number of nitrogens with zero attached hydrogens (tertiary/aromatic N) is 2. The maximum absolute atomic E-state index is 12.0. The molecule has 0 saturated heterocycles. The van der Waals surface area contributed by atoms with E-state index in [1.807, 2.05) is 22.7 Å². The second kappa shape index (κ2) is 16.0. The summed E-state index contributed by atoms with van der Waals surface area (Å²) < 4.78 is 2.03. The van der Waals surface area contributed by atoms with Crippen LogP contribution in [-0.2, 0) is 16.0 Å². The summed E-state index contributed by atoms with van der Waals surface area (Å²) in [6, 6.07) is 3.93. The van der Waals surface area contributed by atoms with Crippen LogP contribution >= 0.6 is 0 Å². The summed E-state index contributed by atoms with van der Waals surface area (Å²) in [5.41, 5.74) is 2.82. The average Bonchev–Trinajstić information content (AvgIpc) is 3.13. The van der Waals surface area contributed by atoms with Gasteiger partial charge in [-0.1, -0.05) is 45.6 Å². The second-order valence-electron chi connectivity index (χ2n) is 7.28. The number of hydrogen-bond donors (Lipinski definition) is 4. The number of aryl methyl sites for hydroxylation is 1. The zero-order valence-electron chi connectivity index (χ0n) is 18.8. The van der Waals surface area contributed by atoms with Gasteiger partial charge in [-0.25, -0.2) is 10.9 Å². The SMILES string of the molecule is CCCCCCc1nc2cc(/C=C/C=O)ccn2c1NCCC(=O)NCCCC.NO. The summed E-state index contributed by atoms with van der Waals surface area (Å²) in [5, 5.41) is 12.9. The van der Waals surface area contributed by atoms with Gasteiger partial charge in [-0.05, 0) is 43.0 Å². The fourth-order valence-electron chi connectivity index (χ4n) is 3.23. The van der Waals surface area contributed by atoms with Crippen LogP contribution in [0.1, 0.15) is 70.1 Å². The van der Waals surface area contributed by atoms with Gasteiger partial charge in [0.25, 0.3) is 0 Å². The van der Waals surface area contributed by atoms with Gasteiger partial charge >= 0.3 is 0 Å². The van der Waals surface area contributed by atoms with Crippen LogP contribution < -0.4 is 16.5 Å². The molecule has 172 valence electrons. The third-order valence-corrected chi connectivity index (χ3v) is 4.85. The Bertz CT molecular complexity index is 817. The van der Waals surface area contributed by atoms with Crippen molar-refractivity contribution < 1.29 is 14.8 Å². The fourth-order valence-corrected chi connectivity index (χ4v) is 3.23. The van der Waals surface area contributed by atoms with Crippen molar-refractivity contribution >= 4 is 29.7 Å². The van der Waals surface area contributed by atoms with Crippen LogP contribution in [0.2, 0.25) is 0 Å². The summed E-state index contributed by atoms with van der Waals surface area (Å²) in [6.45, 7) is 5.63. The average molecular weight is 432 g/mol. The van der Waals surface area contributed by atoms with Gasteiger partial charge in [0.15, 0.2) is 0 Å². The van der Waals surface area contributed by atoms with Crippen molar-refractivity contribution in [2.45, 2.75) is 65.2 Å². The number of aromatic nitrogens is 2. The monoisotopic (exact) mass is 431 g/mol. The number of imidazole rings is 1. The van der Waals surface area contributed by atoms with Crippen molar-refractivity contribution in [1.82, 2.24) is 14.7 Å². The number of allylic oxidation sites excluding steroid dienone is 1. The smallest absolute Gasteiger partial charge is 0.221 e. The molecule has 0 aliphatic rings. The largest absolute Gasteiger partial charge is 0.369 e. The van der Waals surface area contributed by atoms with Crippen molar-refractivity contribution in [3.63, 3.8) is 0 Å². The summed E-state index contributed by atoms with van der Waals surface area (Å²) >= 11 is 0. The number of carbonyl (C=O) groups excluding carboxylic acids is 2. The Morgan fingerprint density at radius 2 is 1.94 bits per heavy atom. The van der Waals surface area contributed by atoms with Crippen LogP contribution in [0.4, 0.5) is 5.82 Å². The zero-order valence-corrected chi connectivity index (χ0v) is 18.8. The molecule has 8 heteroatoms. The highest BCUT2D eigenvalue weighted by molar-refractivity contribution is 5.76. The van der Waals surface area contributed by atoms with Crippen LogP contribution in [0.15, 0.2) is 24.4 Å². The fraction of sp³-hybridized carbons (Fsp3) is 0.522. The topological polar surface area (TPSA) is 122 Å². The van der Waals surface area contributed by atoms with Crippen molar-refractivity contribution in [2.75, 3.05) is 18.4 Å². The Labute approximate surface area is 184 Å². The normalized spacial score (nSPS) is 10.7. The number of pyridine rings is 1. The van der Waals surface area contributed by atoms with Crippen LogP contribution in [0.5, 0.6) is 0 Å². The quantitative estimate of drug-likeness (QED) is 0.156. The predicted octanol–water partition coefficient (Wildman–Crippen LogP) is 3.72. The Morgan fingerprint density at radius 3 is 2.65 bits per heavy atom. The number of nitrogens with one attached hydrogen (secondary N) is 2. The van der Waals surface area contributed by atoms with Crippen molar-refractivity contribution in [2.24, 2.45) is 5.90 Å². The summed E-state index contributed by atoms with van der Waals surface area (Å²) in [4.78, 5) is 27.4. The molecule has 8 nitrogen and oxygen atoms in total. The maximum Gasteiger partial charge on any atom is 0.221 e. The molecule has 0 aliphatic carbocycles. The van der Waals surface area contributed by atoms with E-state index in [1.165, 1.54) is 25.3 Å². The molecule has 0 unspecified atom stereocenters. The van der Waals surface area contributed by atoms with E-state index in [4.69, 9.17) is 10.2 Å². The predicted molar refractivity (Wildman–Crippen MR) is 125 cm³/mol. The summed E-state index contributed by atoms with van der Waals surface area (Å²) in [7, 11) is 0. The molecule has 1 amide bonds. The number of unbranched alkanes of at least 4 members (excludes halogenated alkanes) is 4. The number of carbonyl (C=O) groups is 2. The van der Waals surface area contributed by atoms with Gasteiger partial charge in [0, 0.05) is 25.7 Å². The minimum atomic E-state index is 0.0746. The van der Waals surface area contributed by atoms with E-state index < -0.39 is 0 Å². The number of amides is 1. The molecule has 0 aliphatic heterocycles. The molecule has 5 N–H and O–H groups in total. The first-order valence-corrected chi connectivity index (χ1v) is 11.1. The number of rotatable bonds is 14. The third-order valence-electron chi connectivity index (χ3n) is 4.85. The zero-order chi connectivity index (χ0) is 22.9. The molecule has 0 atom stereocenters. The summed E-state index contributed by atoms with van der Waals surface area (Å²) in [6.07, 6.45) is 14.1. The van der Waals surface area contributed by atoms with Gasteiger partial charge < -0.3 is 15.8 Å². The van der Waals surface area contributed by atoms with Crippen LogP contribution in [0.3, 0.4) is 0 Å².